The van der Waals surface area contributed by atoms with Crippen LogP contribution in [0.25, 0.3) is 0 Å². The van der Waals surface area contributed by atoms with Crippen LogP contribution in [0.1, 0.15) is 12.5 Å². The van der Waals surface area contributed by atoms with Crippen LogP contribution >= 0.6 is 0 Å². The van der Waals surface area contributed by atoms with Gasteiger partial charge in [0.05, 0.1) is 22.2 Å². The Kier molecular flexibility index (Phi) is 3.75. The molecule has 0 bridgehead atoms. The van der Waals surface area contributed by atoms with Gasteiger partial charge in [0.15, 0.2) is 6.10 Å². The average Bonchev–Trinajstić information content (AvgIpc) is 2.56. The lowest BCUT2D eigenvalue weighted by Crippen LogP contribution is -2.34. The zero-order valence-corrected chi connectivity index (χ0v) is 12.6. The van der Waals surface area contributed by atoms with E-state index in [1.807, 2.05) is 6.07 Å². The molecule has 3 rings (SSSR count). The molecule has 0 fully saturated rings. The summed E-state index contributed by atoms with van der Waals surface area (Å²) >= 11 is 0. The summed E-state index contributed by atoms with van der Waals surface area (Å²) in [6, 6.07) is 11.0. The second kappa shape index (κ2) is 5.89. The number of hydrogen-bond acceptors (Lipinski definition) is 6. The molecule has 8 heteroatoms. The standard InChI is InChI=1S/C16H12N4O4/c1-9-16(21)19-13-7-11(3-5-15(13)24-9)18-12-4-2-10(8-17)6-14(12)20(22)23/h2-7,9,18H,1H3,(H,19,21)/t9-/m0/s1. The van der Waals surface area contributed by atoms with Crippen LogP contribution in [0, 0.1) is 21.4 Å². The molecule has 2 aromatic rings. The normalized spacial score (nSPS) is 15.5. The fraction of sp³-hybridized carbons (Fsp3) is 0.125. The first kappa shape index (κ1) is 15.3. The number of carbonyl (C=O) groups excluding carboxylic acids is 1. The van der Waals surface area contributed by atoms with E-state index in [1.54, 1.807) is 25.1 Å². The van der Waals surface area contributed by atoms with Gasteiger partial charge < -0.3 is 15.4 Å². The number of rotatable bonds is 3. The average molecular weight is 324 g/mol. The number of nitriles is 1. The highest BCUT2D eigenvalue weighted by Crippen LogP contribution is 2.35. The maximum absolute atomic E-state index is 11.7. The number of hydrogen-bond donors (Lipinski definition) is 2. The Labute approximate surface area is 136 Å². The Balaban J connectivity index is 1.93. The summed E-state index contributed by atoms with van der Waals surface area (Å²) in [5.74, 6) is 0.269. The highest BCUT2D eigenvalue weighted by atomic mass is 16.6. The van der Waals surface area contributed by atoms with Crippen LogP contribution in [0.15, 0.2) is 36.4 Å². The van der Waals surface area contributed by atoms with Crippen LogP contribution in [0.3, 0.4) is 0 Å². The molecule has 2 aromatic carbocycles. The maximum Gasteiger partial charge on any atom is 0.293 e. The molecule has 1 aliphatic heterocycles. The highest BCUT2D eigenvalue weighted by Gasteiger charge is 2.24. The molecule has 1 aliphatic rings. The summed E-state index contributed by atoms with van der Waals surface area (Å²) in [5, 5.41) is 25.7. The second-order valence-corrected chi connectivity index (χ2v) is 5.19. The monoisotopic (exact) mass is 324 g/mol. The third-order valence-electron chi connectivity index (χ3n) is 3.51. The summed E-state index contributed by atoms with van der Waals surface area (Å²) in [7, 11) is 0. The van der Waals surface area contributed by atoms with Crippen molar-refractivity contribution in [2.24, 2.45) is 0 Å². The molecule has 8 nitrogen and oxygen atoms in total. The lowest BCUT2D eigenvalue weighted by atomic mass is 10.1. The molecule has 0 saturated carbocycles. The minimum Gasteiger partial charge on any atom is -0.479 e. The first-order valence-electron chi connectivity index (χ1n) is 7.05. The fourth-order valence-corrected chi connectivity index (χ4v) is 2.30. The molecule has 120 valence electrons. The van der Waals surface area contributed by atoms with Crippen molar-refractivity contribution < 1.29 is 14.5 Å². The highest BCUT2D eigenvalue weighted by molar-refractivity contribution is 5.98. The molecule has 2 N–H and O–H groups in total. The third-order valence-corrected chi connectivity index (χ3v) is 3.51. The van der Waals surface area contributed by atoms with Crippen LogP contribution in [0.5, 0.6) is 5.75 Å². The summed E-state index contributed by atoms with van der Waals surface area (Å²) < 4.78 is 5.46. The predicted molar refractivity (Wildman–Crippen MR) is 86.3 cm³/mol. The van der Waals surface area contributed by atoms with E-state index in [2.05, 4.69) is 10.6 Å². The SMILES string of the molecule is C[C@@H]1Oc2ccc(Nc3ccc(C#N)cc3[N+](=O)[O-])cc2NC1=O. The van der Waals surface area contributed by atoms with Gasteiger partial charge in [-0.15, -0.1) is 0 Å². The van der Waals surface area contributed by atoms with E-state index >= 15 is 0 Å². The van der Waals surface area contributed by atoms with Gasteiger partial charge in [-0.1, -0.05) is 0 Å². The van der Waals surface area contributed by atoms with Gasteiger partial charge in [0, 0.05) is 11.8 Å². The molecule has 0 aliphatic carbocycles. The molecule has 0 aromatic heterocycles. The quantitative estimate of drug-likeness (QED) is 0.662. The summed E-state index contributed by atoms with van der Waals surface area (Å²) in [6.45, 7) is 1.64. The van der Waals surface area contributed by atoms with E-state index in [4.69, 9.17) is 10.00 Å². The second-order valence-electron chi connectivity index (χ2n) is 5.19. The number of nitrogens with zero attached hydrogens (tertiary/aromatic N) is 2. The lowest BCUT2D eigenvalue weighted by molar-refractivity contribution is -0.383. The maximum atomic E-state index is 11.7. The summed E-state index contributed by atoms with van der Waals surface area (Å²) in [5.41, 5.74) is 1.27. The molecule has 1 atom stereocenters. The van der Waals surface area contributed by atoms with E-state index in [0.717, 1.165) is 0 Å². The predicted octanol–water partition coefficient (Wildman–Crippen LogP) is 2.93. The van der Waals surface area contributed by atoms with Gasteiger partial charge in [0.1, 0.15) is 11.4 Å². The summed E-state index contributed by atoms with van der Waals surface area (Å²) in [6.07, 6.45) is -0.573. The Morgan fingerprint density at radius 3 is 2.83 bits per heavy atom. The Morgan fingerprint density at radius 2 is 2.12 bits per heavy atom. The van der Waals surface area contributed by atoms with Gasteiger partial charge in [0.2, 0.25) is 0 Å². The van der Waals surface area contributed by atoms with E-state index in [1.165, 1.54) is 18.2 Å². The van der Waals surface area contributed by atoms with Crippen LogP contribution < -0.4 is 15.4 Å². The number of nitro benzene ring substituents is 1. The van der Waals surface area contributed by atoms with Crippen molar-refractivity contribution in [3.05, 3.63) is 52.1 Å². The Hall–Kier alpha value is -3.60. The van der Waals surface area contributed by atoms with Gasteiger partial charge >= 0.3 is 0 Å². The zero-order valence-electron chi connectivity index (χ0n) is 12.6. The molecular formula is C16H12N4O4. The minimum absolute atomic E-state index is 0.201. The molecule has 0 saturated heterocycles. The van der Waals surface area contributed by atoms with Crippen molar-refractivity contribution in [3.63, 3.8) is 0 Å². The fourth-order valence-electron chi connectivity index (χ4n) is 2.30. The van der Waals surface area contributed by atoms with Gasteiger partial charge in [-0.3, -0.25) is 14.9 Å². The van der Waals surface area contributed by atoms with Crippen LogP contribution in [0.2, 0.25) is 0 Å². The molecule has 0 spiro atoms. The Bertz CT molecular complexity index is 888. The van der Waals surface area contributed by atoms with Crippen LogP contribution in [-0.2, 0) is 4.79 Å². The van der Waals surface area contributed by atoms with Gasteiger partial charge in [-0.05, 0) is 37.3 Å². The molecule has 0 unspecified atom stereocenters. The van der Waals surface area contributed by atoms with Crippen LogP contribution in [0.4, 0.5) is 22.7 Å². The minimum atomic E-state index is -0.573. The van der Waals surface area contributed by atoms with E-state index in [0.29, 0.717) is 17.1 Å². The summed E-state index contributed by atoms with van der Waals surface area (Å²) in [4.78, 5) is 22.3. The van der Waals surface area contributed by atoms with Crippen molar-refractivity contribution in [2.75, 3.05) is 10.6 Å². The van der Waals surface area contributed by atoms with Crippen molar-refractivity contribution >= 4 is 28.7 Å². The molecule has 1 heterocycles. The lowest BCUT2D eigenvalue weighted by Gasteiger charge is -2.23. The largest absolute Gasteiger partial charge is 0.479 e. The number of amides is 1. The van der Waals surface area contributed by atoms with Gasteiger partial charge in [-0.2, -0.15) is 5.26 Å². The molecule has 1 amide bonds. The molecule has 24 heavy (non-hydrogen) atoms. The smallest absolute Gasteiger partial charge is 0.293 e. The number of fused-ring (bicyclic) bond motifs is 1. The number of ether oxygens (including phenoxy) is 1. The van der Waals surface area contributed by atoms with E-state index in [9.17, 15) is 14.9 Å². The Morgan fingerprint density at radius 1 is 1.33 bits per heavy atom. The van der Waals surface area contributed by atoms with E-state index in [-0.39, 0.29) is 22.8 Å². The van der Waals surface area contributed by atoms with Crippen molar-refractivity contribution in [2.45, 2.75) is 13.0 Å². The van der Waals surface area contributed by atoms with Gasteiger partial charge in [-0.25, -0.2) is 0 Å². The molecular weight excluding hydrogens is 312 g/mol. The van der Waals surface area contributed by atoms with Crippen molar-refractivity contribution in [1.29, 1.82) is 5.26 Å². The zero-order chi connectivity index (χ0) is 17.3. The van der Waals surface area contributed by atoms with Crippen molar-refractivity contribution in [1.82, 2.24) is 0 Å². The molecule has 0 radical (unpaired) electrons. The first-order valence-corrected chi connectivity index (χ1v) is 7.05. The number of nitrogens with one attached hydrogen (secondary N) is 2. The van der Waals surface area contributed by atoms with Crippen molar-refractivity contribution in [3.8, 4) is 11.8 Å². The number of benzene rings is 2. The van der Waals surface area contributed by atoms with Gasteiger partial charge in [0.25, 0.3) is 11.6 Å². The topological polar surface area (TPSA) is 117 Å². The van der Waals surface area contributed by atoms with Crippen LogP contribution in [-0.4, -0.2) is 16.9 Å². The van der Waals surface area contributed by atoms with E-state index < -0.39 is 11.0 Å². The first-order chi connectivity index (χ1) is 11.5. The number of anilines is 3. The third kappa shape index (κ3) is 2.83. The number of nitro groups is 1. The number of carbonyl (C=O) groups is 1.